The molecule has 0 radical (unpaired) electrons. The molecule has 0 saturated carbocycles. The molecule has 2 aromatic rings. The molecule has 1 fully saturated rings. The lowest BCUT2D eigenvalue weighted by atomic mass is 9.98. The van der Waals surface area contributed by atoms with Gasteiger partial charge in [0, 0.05) is 29.9 Å². The van der Waals surface area contributed by atoms with E-state index in [1.54, 1.807) is 29.2 Å². The zero-order valence-corrected chi connectivity index (χ0v) is 17.9. The highest BCUT2D eigenvalue weighted by molar-refractivity contribution is 6.42. The van der Waals surface area contributed by atoms with Gasteiger partial charge in [-0.1, -0.05) is 41.9 Å². The van der Waals surface area contributed by atoms with Gasteiger partial charge in [0.2, 0.25) is 5.91 Å². The highest BCUT2D eigenvalue weighted by Crippen LogP contribution is 2.43. The Morgan fingerprint density at radius 3 is 2.77 bits per heavy atom. The molecule has 0 spiro atoms. The van der Waals surface area contributed by atoms with Gasteiger partial charge in [-0.05, 0) is 24.3 Å². The number of hydrogen-bond donors (Lipinski definition) is 1. The smallest absolute Gasteiger partial charge is 0.337 e. The zero-order chi connectivity index (χ0) is 22.1. The molecule has 3 heterocycles. The Hall–Kier alpha value is -3.03. The van der Waals surface area contributed by atoms with Gasteiger partial charge in [-0.15, -0.1) is 0 Å². The molecule has 1 aromatic heterocycles. The second kappa shape index (κ2) is 8.61. The number of aromatic nitrogens is 1. The summed E-state index contributed by atoms with van der Waals surface area (Å²) in [5.41, 5.74) is 1.66. The van der Waals surface area contributed by atoms with E-state index in [-0.39, 0.29) is 23.9 Å². The number of rotatable bonds is 6. The number of carbonyl (C=O) groups excluding carboxylic acids is 1. The van der Waals surface area contributed by atoms with Crippen molar-refractivity contribution in [3.8, 4) is 5.75 Å². The van der Waals surface area contributed by atoms with Crippen LogP contribution in [0.5, 0.6) is 5.75 Å². The number of carbonyl (C=O) groups is 2. The molecule has 1 N–H and O–H groups in total. The van der Waals surface area contributed by atoms with Gasteiger partial charge >= 0.3 is 5.97 Å². The SMILES string of the molecule is C=CCOc1ccc(Cl)c(Cl)c1[C@H]1C=C2CN(c3ccc(C(=O)O)cn3)CC(=O)N2C1. The minimum absolute atomic E-state index is 0.0733. The number of carboxylic acid groups (broad SMARTS) is 1. The molecule has 7 nitrogen and oxygen atoms in total. The van der Waals surface area contributed by atoms with Crippen LogP contribution in [0.1, 0.15) is 21.8 Å². The van der Waals surface area contributed by atoms with Crippen LogP contribution in [0.4, 0.5) is 5.82 Å². The Morgan fingerprint density at radius 2 is 2.10 bits per heavy atom. The number of piperazine rings is 1. The minimum Gasteiger partial charge on any atom is -0.489 e. The summed E-state index contributed by atoms with van der Waals surface area (Å²) in [6.07, 6.45) is 4.93. The summed E-state index contributed by atoms with van der Waals surface area (Å²) in [4.78, 5) is 31.6. The topological polar surface area (TPSA) is 83.0 Å². The van der Waals surface area contributed by atoms with Crippen molar-refractivity contribution < 1.29 is 19.4 Å². The third-order valence-electron chi connectivity index (χ3n) is 5.24. The number of aromatic carboxylic acids is 1. The molecule has 1 aromatic carbocycles. The van der Waals surface area contributed by atoms with E-state index in [4.69, 9.17) is 33.0 Å². The molecule has 1 atom stereocenters. The lowest BCUT2D eigenvalue weighted by molar-refractivity contribution is -0.128. The summed E-state index contributed by atoms with van der Waals surface area (Å²) in [6.45, 7) is 5.04. The predicted octanol–water partition coefficient (Wildman–Crippen LogP) is 3.98. The van der Waals surface area contributed by atoms with Gasteiger partial charge in [-0.3, -0.25) is 4.79 Å². The lowest BCUT2D eigenvalue weighted by Gasteiger charge is -2.34. The van der Waals surface area contributed by atoms with Gasteiger partial charge in [-0.2, -0.15) is 0 Å². The van der Waals surface area contributed by atoms with Gasteiger partial charge in [0.15, 0.2) is 0 Å². The first-order chi connectivity index (χ1) is 14.9. The van der Waals surface area contributed by atoms with Gasteiger partial charge in [0.25, 0.3) is 0 Å². The predicted molar refractivity (Wildman–Crippen MR) is 118 cm³/mol. The molecule has 2 aliphatic rings. The van der Waals surface area contributed by atoms with Crippen LogP contribution in [0.25, 0.3) is 0 Å². The maximum absolute atomic E-state index is 12.8. The highest BCUT2D eigenvalue weighted by Gasteiger charge is 2.37. The van der Waals surface area contributed by atoms with Gasteiger partial charge in [0.05, 0.1) is 28.7 Å². The van der Waals surface area contributed by atoms with Crippen LogP contribution < -0.4 is 9.64 Å². The van der Waals surface area contributed by atoms with Crippen molar-refractivity contribution in [2.75, 3.05) is 31.1 Å². The number of pyridine rings is 1. The molecule has 160 valence electrons. The largest absolute Gasteiger partial charge is 0.489 e. The van der Waals surface area contributed by atoms with E-state index in [0.29, 0.717) is 41.3 Å². The van der Waals surface area contributed by atoms with Crippen molar-refractivity contribution in [1.82, 2.24) is 9.88 Å². The second-order valence-electron chi connectivity index (χ2n) is 7.21. The van der Waals surface area contributed by atoms with Crippen LogP contribution in [0.15, 0.2) is 54.9 Å². The van der Waals surface area contributed by atoms with E-state index in [1.165, 1.54) is 12.3 Å². The first kappa shape index (κ1) is 21.2. The number of carboxylic acids is 1. The van der Waals surface area contributed by atoms with Crippen molar-refractivity contribution in [3.05, 3.63) is 76.1 Å². The van der Waals surface area contributed by atoms with E-state index >= 15 is 0 Å². The Morgan fingerprint density at radius 1 is 1.29 bits per heavy atom. The molecule has 9 heteroatoms. The molecule has 2 aliphatic heterocycles. The van der Waals surface area contributed by atoms with Crippen LogP contribution in [0, 0.1) is 0 Å². The van der Waals surface area contributed by atoms with Crippen LogP contribution in [0.3, 0.4) is 0 Å². The third kappa shape index (κ3) is 4.11. The standard InChI is InChI=1S/C22H19Cl2N3O4/c1-2-7-31-17-5-4-16(23)21(24)20(17)14-8-15-11-26(12-19(28)27(15)10-14)18-6-3-13(9-25-18)22(29)30/h2-6,8-9,14H,1,7,10-12H2,(H,29,30)/t14-/m0/s1. The fraction of sp³-hybridized carbons (Fsp3) is 0.227. The number of amides is 1. The number of hydrogen-bond acceptors (Lipinski definition) is 5. The van der Waals surface area contributed by atoms with E-state index in [2.05, 4.69) is 11.6 Å². The molecule has 0 aliphatic carbocycles. The number of benzene rings is 1. The average molecular weight is 460 g/mol. The van der Waals surface area contributed by atoms with E-state index < -0.39 is 5.97 Å². The number of anilines is 1. The van der Waals surface area contributed by atoms with Gasteiger partial charge < -0.3 is 19.6 Å². The monoisotopic (exact) mass is 459 g/mol. The maximum Gasteiger partial charge on any atom is 0.337 e. The lowest BCUT2D eigenvalue weighted by Crippen LogP contribution is -2.47. The summed E-state index contributed by atoms with van der Waals surface area (Å²) >= 11 is 12.8. The summed E-state index contributed by atoms with van der Waals surface area (Å²) in [7, 11) is 0. The summed E-state index contributed by atoms with van der Waals surface area (Å²) in [5.74, 6) is -0.151. The highest BCUT2D eigenvalue weighted by atomic mass is 35.5. The average Bonchev–Trinajstić information content (AvgIpc) is 3.19. The van der Waals surface area contributed by atoms with E-state index in [0.717, 1.165) is 11.3 Å². The molecule has 1 amide bonds. The summed E-state index contributed by atoms with van der Waals surface area (Å²) in [6, 6.07) is 6.53. The summed E-state index contributed by atoms with van der Waals surface area (Å²) in [5, 5.41) is 9.87. The van der Waals surface area contributed by atoms with Crippen molar-refractivity contribution in [1.29, 1.82) is 0 Å². The van der Waals surface area contributed by atoms with Gasteiger partial charge in [-0.25, -0.2) is 9.78 Å². The number of nitrogens with zero attached hydrogens (tertiary/aromatic N) is 3. The normalized spacial score (nSPS) is 17.9. The van der Waals surface area contributed by atoms with E-state index in [9.17, 15) is 9.59 Å². The van der Waals surface area contributed by atoms with Crippen molar-refractivity contribution in [2.24, 2.45) is 0 Å². The Bertz CT molecular complexity index is 1080. The fourth-order valence-corrected chi connectivity index (χ4v) is 4.25. The van der Waals surface area contributed by atoms with Crippen molar-refractivity contribution >= 4 is 40.9 Å². The third-order valence-corrected chi connectivity index (χ3v) is 6.06. The van der Waals surface area contributed by atoms with Crippen LogP contribution in [-0.4, -0.2) is 53.1 Å². The zero-order valence-electron chi connectivity index (χ0n) is 16.4. The first-order valence-electron chi connectivity index (χ1n) is 9.56. The first-order valence-corrected chi connectivity index (χ1v) is 10.3. The maximum atomic E-state index is 12.8. The molecular weight excluding hydrogens is 441 g/mol. The molecule has 31 heavy (non-hydrogen) atoms. The van der Waals surface area contributed by atoms with Gasteiger partial charge in [0.1, 0.15) is 18.2 Å². The Balaban J connectivity index is 1.62. The molecule has 4 rings (SSSR count). The quantitative estimate of drug-likeness (QED) is 0.657. The van der Waals surface area contributed by atoms with E-state index in [1.807, 2.05) is 11.0 Å². The second-order valence-corrected chi connectivity index (χ2v) is 7.99. The van der Waals surface area contributed by atoms with Crippen molar-refractivity contribution in [2.45, 2.75) is 5.92 Å². The molecular formula is C22H19Cl2N3O4. The number of fused-ring (bicyclic) bond motifs is 1. The number of ether oxygens (including phenoxy) is 1. The number of halogens is 2. The van der Waals surface area contributed by atoms with Crippen LogP contribution in [-0.2, 0) is 4.79 Å². The Kier molecular flexibility index (Phi) is 5.89. The van der Waals surface area contributed by atoms with Crippen LogP contribution >= 0.6 is 23.2 Å². The van der Waals surface area contributed by atoms with Crippen molar-refractivity contribution in [3.63, 3.8) is 0 Å². The minimum atomic E-state index is -1.05. The summed E-state index contributed by atoms with van der Waals surface area (Å²) < 4.78 is 5.77. The molecule has 0 bridgehead atoms. The molecule has 0 unspecified atom stereocenters. The van der Waals surface area contributed by atoms with Crippen LogP contribution in [0.2, 0.25) is 10.0 Å². The Labute approximate surface area is 189 Å². The fourth-order valence-electron chi connectivity index (χ4n) is 3.79. The molecule has 1 saturated heterocycles.